The lowest BCUT2D eigenvalue weighted by molar-refractivity contribution is -0.153. The van der Waals surface area contributed by atoms with Crippen LogP contribution in [0.4, 0.5) is 18.9 Å². The molecule has 3 N–H and O–H groups in total. The number of ether oxygens (including phenoxy) is 2. The first-order valence-corrected chi connectivity index (χ1v) is 8.89. The van der Waals surface area contributed by atoms with Gasteiger partial charge in [-0.1, -0.05) is 12.1 Å². The van der Waals surface area contributed by atoms with Crippen molar-refractivity contribution in [2.75, 3.05) is 19.0 Å². The van der Waals surface area contributed by atoms with Crippen LogP contribution >= 0.6 is 24.0 Å². The highest BCUT2D eigenvalue weighted by Gasteiger charge is 2.29. The molecule has 0 heterocycles. The maximum Gasteiger partial charge on any atom is 0.422 e. The van der Waals surface area contributed by atoms with E-state index in [1.54, 1.807) is 12.1 Å². The predicted octanol–water partition coefficient (Wildman–Crippen LogP) is 4.67. The molecule has 2 aromatic carbocycles. The first-order chi connectivity index (χ1) is 13.3. The molecular formula is C20H23F3IN3O2. The number of halogens is 4. The number of aliphatic imine (C=N–C) groups is 1. The Bertz CT molecular complexity index is 873. The fraction of sp³-hybridized carbons (Fsp3) is 0.350. The second-order valence-electron chi connectivity index (χ2n) is 6.55. The van der Waals surface area contributed by atoms with Gasteiger partial charge in [-0.05, 0) is 60.2 Å². The molecule has 9 heteroatoms. The molecular weight excluding hydrogens is 498 g/mol. The maximum absolute atomic E-state index is 12.3. The SMILES string of the molecule is COc1cc(CN=C(N)Nc2ccc3c(c2)CCC3)ccc1OCC(F)(F)F.I. The summed E-state index contributed by atoms with van der Waals surface area (Å²) in [4.78, 5) is 4.28. The van der Waals surface area contributed by atoms with Gasteiger partial charge in [-0.2, -0.15) is 13.2 Å². The molecule has 158 valence electrons. The van der Waals surface area contributed by atoms with Crippen LogP contribution < -0.4 is 20.5 Å². The molecule has 0 saturated heterocycles. The number of hydrogen-bond acceptors (Lipinski definition) is 3. The number of nitrogens with zero attached hydrogens (tertiary/aromatic N) is 1. The minimum Gasteiger partial charge on any atom is -0.493 e. The topological polar surface area (TPSA) is 68.9 Å². The molecule has 0 unspecified atom stereocenters. The first kappa shape index (κ1) is 23.1. The summed E-state index contributed by atoms with van der Waals surface area (Å²) in [5.41, 5.74) is 10.3. The van der Waals surface area contributed by atoms with Crippen LogP contribution in [0.1, 0.15) is 23.1 Å². The van der Waals surface area contributed by atoms with E-state index in [0.29, 0.717) is 0 Å². The predicted molar refractivity (Wildman–Crippen MR) is 117 cm³/mol. The Morgan fingerprint density at radius 2 is 1.86 bits per heavy atom. The average Bonchev–Trinajstić information content (AvgIpc) is 3.12. The quantitative estimate of drug-likeness (QED) is 0.330. The lowest BCUT2D eigenvalue weighted by Crippen LogP contribution is -2.22. The minimum absolute atomic E-state index is 0. The molecule has 0 bridgehead atoms. The lowest BCUT2D eigenvalue weighted by Gasteiger charge is -2.13. The van der Waals surface area contributed by atoms with Crippen molar-refractivity contribution in [2.24, 2.45) is 10.7 Å². The minimum atomic E-state index is -4.41. The summed E-state index contributed by atoms with van der Waals surface area (Å²) in [5.74, 6) is 0.494. The molecule has 5 nitrogen and oxygen atoms in total. The lowest BCUT2D eigenvalue weighted by atomic mass is 10.1. The van der Waals surface area contributed by atoms with Crippen LogP contribution in [0.15, 0.2) is 41.4 Å². The van der Waals surface area contributed by atoms with Crippen molar-refractivity contribution in [2.45, 2.75) is 32.0 Å². The molecule has 29 heavy (non-hydrogen) atoms. The molecule has 1 aliphatic rings. The third kappa shape index (κ3) is 6.69. The number of aryl methyl sites for hydroxylation is 2. The highest BCUT2D eigenvalue weighted by atomic mass is 127. The van der Waals surface area contributed by atoms with E-state index in [9.17, 15) is 13.2 Å². The number of benzene rings is 2. The van der Waals surface area contributed by atoms with E-state index in [0.717, 1.165) is 24.1 Å². The number of nitrogens with two attached hydrogens (primary N) is 1. The zero-order chi connectivity index (χ0) is 20.1. The van der Waals surface area contributed by atoms with Gasteiger partial charge < -0.3 is 20.5 Å². The number of hydrogen-bond donors (Lipinski definition) is 2. The Hall–Kier alpha value is -2.17. The highest BCUT2D eigenvalue weighted by molar-refractivity contribution is 14.0. The van der Waals surface area contributed by atoms with Crippen LogP contribution in [-0.4, -0.2) is 25.9 Å². The number of guanidine groups is 1. The van der Waals surface area contributed by atoms with Crippen LogP contribution in [0.25, 0.3) is 0 Å². The standard InChI is InChI=1S/C20H22F3N3O2.HI/c1-27-18-9-13(5-8-17(18)28-12-20(21,22)23)11-25-19(24)26-16-7-6-14-3-2-4-15(14)10-16;/h5-10H,2-4,11-12H2,1H3,(H3,24,25,26);1H. The van der Waals surface area contributed by atoms with Crippen molar-refractivity contribution in [3.63, 3.8) is 0 Å². The van der Waals surface area contributed by atoms with Crippen LogP contribution in [0, 0.1) is 0 Å². The Labute approximate surface area is 184 Å². The van der Waals surface area contributed by atoms with Gasteiger partial charge in [0.1, 0.15) is 0 Å². The van der Waals surface area contributed by atoms with Gasteiger partial charge >= 0.3 is 6.18 Å². The Kier molecular flexibility index (Phi) is 8.00. The fourth-order valence-electron chi connectivity index (χ4n) is 3.10. The summed E-state index contributed by atoms with van der Waals surface area (Å²) in [5, 5.41) is 3.07. The number of nitrogens with one attached hydrogen (secondary N) is 1. The Morgan fingerprint density at radius 3 is 2.59 bits per heavy atom. The van der Waals surface area contributed by atoms with Crippen LogP contribution in [0.2, 0.25) is 0 Å². The molecule has 2 aromatic rings. The van der Waals surface area contributed by atoms with Crippen LogP contribution in [0.3, 0.4) is 0 Å². The largest absolute Gasteiger partial charge is 0.493 e. The number of methoxy groups -OCH3 is 1. The summed E-state index contributed by atoms with van der Waals surface area (Å²) >= 11 is 0. The van der Waals surface area contributed by atoms with Gasteiger partial charge in [-0.15, -0.1) is 24.0 Å². The number of rotatable bonds is 6. The molecule has 3 rings (SSSR count). The van der Waals surface area contributed by atoms with E-state index in [4.69, 9.17) is 15.2 Å². The van der Waals surface area contributed by atoms with E-state index in [1.165, 1.54) is 30.7 Å². The van der Waals surface area contributed by atoms with Gasteiger partial charge in [0.25, 0.3) is 0 Å². The smallest absolute Gasteiger partial charge is 0.422 e. The van der Waals surface area contributed by atoms with E-state index >= 15 is 0 Å². The summed E-state index contributed by atoms with van der Waals surface area (Å²) in [6, 6.07) is 10.8. The van der Waals surface area contributed by atoms with Gasteiger partial charge in [0.2, 0.25) is 0 Å². The monoisotopic (exact) mass is 521 g/mol. The summed E-state index contributed by atoms with van der Waals surface area (Å²) in [7, 11) is 1.37. The summed E-state index contributed by atoms with van der Waals surface area (Å²) in [6.07, 6.45) is -1.05. The van der Waals surface area contributed by atoms with E-state index in [1.807, 2.05) is 6.07 Å². The molecule has 0 amide bonds. The third-order valence-electron chi connectivity index (χ3n) is 4.42. The average molecular weight is 521 g/mol. The zero-order valence-electron chi connectivity index (χ0n) is 15.9. The van der Waals surface area contributed by atoms with Gasteiger partial charge in [-0.25, -0.2) is 4.99 Å². The van der Waals surface area contributed by atoms with Crippen molar-refractivity contribution in [1.29, 1.82) is 0 Å². The van der Waals surface area contributed by atoms with Gasteiger partial charge in [0, 0.05) is 5.69 Å². The molecule has 0 atom stereocenters. The molecule has 0 saturated carbocycles. The van der Waals surface area contributed by atoms with Crippen LogP contribution in [-0.2, 0) is 19.4 Å². The highest BCUT2D eigenvalue weighted by Crippen LogP contribution is 2.30. The Balaban J connectivity index is 0.00000300. The molecule has 0 fully saturated rings. The third-order valence-corrected chi connectivity index (χ3v) is 4.42. The summed E-state index contributed by atoms with van der Waals surface area (Å²) in [6.45, 7) is -1.13. The zero-order valence-corrected chi connectivity index (χ0v) is 18.2. The second-order valence-corrected chi connectivity index (χ2v) is 6.55. The van der Waals surface area contributed by atoms with E-state index < -0.39 is 12.8 Å². The first-order valence-electron chi connectivity index (χ1n) is 8.89. The van der Waals surface area contributed by atoms with Crippen molar-refractivity contribution < 1.29 is 22.6 Å². The number of alkyl halides is 3. The van der Waals surface area contributed by atoms with E-state index in [2.05, 4.69) is 22.4 Å². The molecule has 0 aromatic heterocycles. The normalized spacial score (nSPS) is 13.4. The van der Waals surface area contributed by atoms with Gasteiger partial charge in [-0.3, -0.25) is 0 Å². The van der Waals surface area contributed by atoms with E-state index in [-0.39, 0.29) is 48.0 Å². The second kappa shape index (κ2) is 10.0. The van der Waals surface area contributed by atoms with Crippen LogP contribution in [0.5, 0.6) is 11.5 Å². The van der Waals surface area contributed by atoms with Crippen molar-refractivity contribution >= 4 is 35.6 Å². The molecule has 0 spiro atoms. The van der Waals surface area contributed by atoms with Crippen molar-refractivity contribution in [1.82, 2.24) is 0 Å². The Morgan fingerprint density at radius 1 is 1.10 bits per heavy atom. The molecule has 1 aliphatic carbocycles. The maximum atomic E-state index is 12.3. The van der Waals surface area contributed by atoms with Crippen molar-refractivity contribution in [3.05, 3.63) is 53.1 Å². The fourth-order valence-corrected chi connectivity index (χ4v) is 3.10. The van der Waals surface area contributed by atoms with Gasteiger partial charge in [0.05, 0.1) is 13.7 Å². The number of fused-ring (bicyclic) bond motifs is 1. The number of anilines is 1. The van der Waals surface area contributed by atoms with Gasteiger partial charge in [0.15, 0.2) is 24.1 Å². The summed E-state index contributed by atoms with van der Waals surface area (Å²) < 4.78 is 46.8. The molecule has 0 aliphatic heterocycles. The van der Waals surface area contributed by atoms with Crippen molar-refractivity contribution in [3.8, 4) is 11.5 Å². The molecule has 0 radical (unpaired) electrons.